The molecule has 0 fully saturated rings. The predicted octanol–water partition coefficient (Wildman–Crippen LogP) is 4.34. The number of hydrogen-bond donors (Lipinski definition) is 1. The summed E-state index contributed by atoms with van der Waals surface area (Å²) < 4.78 is 40.4. The first-order valence-corrected chi connectivity index (χ1v) is 12.0. The molecule has 3 aromatic carbocycles. The fourth-order valence-corrected chi connectivity index (χ4v) is 4.77. The molecule has 0 aliphatic carbocycles. The fraction of sp³-hybridized carbons (Fsp3) is 0.208. The van der Waals surface area contributed by atoms with Gasteiger partial charge in [0.05, 0.1) is 27.2 Å². The van der Waals surface area contributed by atoms with Gasteiger partial charge in [-0.1, -0.05) is 41.9 Å². The van der Waals surface area contributed by atoms with E-state index in [2.05, 4.69) is 5.32 Å². The summed E-state index contributed by atoms with van der Waals surface area (Å²) in [6, 6.07) is 18.7. The van der Waals surface area contributed by atoms with Crippen molar-refractivity contribution in [3.05, 3.63) is 94.8 Å². The van der Waals surface area contributed by atoms with Crippen LogP contribution in [0.2, 0.25) is 5.02 Å². The monoisotopic (exact) mass is 489 g/mol. The second-order valence-corrected chi connectivity index (χ2v) is 10.1. The molecular weight excluding hydrogens is 465 g/mol. The quantitative estimate of drug-likeness (QED) is 0.511. The Labute approximate surface area is 198 Å². The third-order valence-electron chi connectivity index (χ3n) is 5.29. The van der Waals surface area contributed by atoms with Crippen LogP contribution in [0, 0.1) is 5.82 Å². The summed E-state index contributed by atoms with van der Waals surface area (Å²) in [5, 5.41) is 2.99. The number of nitrogens with zero attached hydrogens (tertiary/aromatic N) is 2. The van der Waals surface area contributed by atoms with E-state index < -0.39 is 21.7 Å². The molecule has 1 atom stereocenters. The van der Waals surface area contributed by atoms with E-state index in [0.717, 1.165) is 9.87 Å². The van der Waals surface area contributed by atoms with Crippen LogP contribution in [0.15, 0.2) is 77.7 Å². The minimum atomic E-state index is -4.00. The molecule has 0 aliphatic rings. The normalized spacial score (nSPS) is 12.4. The average Bonchev–Trinajstić information content (AvgIpc) is 2.79. The van der Waals surface area contributed by atoms with Crippen molar-refractivity contribution in [2.75, 3.05) is 32.0 Å². The highest BCUT2D eigenvalue weighted by Crippen LogP contribution is 2.26. The number of halogens is 2. The van der Waals surface area contributed by atoms with Gasteiger partial charge in [-0.15, -0.1) is 0 Å². The lowest BCUT2D eigenvalue weighted by Crippen LogP contribution is -2.34. The van der Waals surface area contributed by atoms with Crippen LogP contribution in [-0.2, 0) is 10.0 Å². The predicted molar refractivity (Wildman–Crippen MR) is 129 cm³/mol. The molecule has 6 nitrogen and oxygen atoms in total. The van der Waals surface area contributed by atoms with Crippen molar-refractivity contribution in [2.24, 2.45) is 0 Å². The molecule has 0 spiro atoms. The largest absolute Gasteiger partial charge is 0.350 e. The zero-order valence-electron chi connectivity index (χ0n) is 18.5. The van der Waals surface area contributed by atoms with Crippen molar-refractivity contribution in [3.63, 3.8) is 0 Å². The molecule has 174 valence electrons. The van der Waals surface area contributed by atoms with Gasteiger partial charge < -0.3 is 10.2 Å². The Morgan fingerprint density at radius 1 is 1.00 bits per heavy atom. The minimum absolute atomic E-state index is 0.0517. The number of carbonyl (C=O) groups excluding carboxylic acids is 1. The molecule has 1 amide bonds. The van der Waals surface area contributed by atoms with Crippen LogP contribution in [0.3, 0.4) is 0 Å². The van der Waals surface area contributed by atoms with Crippen LogP contribution in [0.25, 0.3) is 0 Å². The Morgan fingerprint density at radius 3 is 2.24 bits per heavy atom. The highest BCUT2D eigenvalue weighted by Gasteiger charge is 2.24. The Kier molecular flexibility index (Phi) is 7.73. The van der Waals surface area contributed by atoms with E-state index in [1.807, 2.05) is 49.3 Å². The minimum Gasteiger partial charge on any atom is -0.350 e. The van der Waals surface area contributed by atoms with Gasteiger partial charge in [0.15, 0.2) is 0 Å². The maximum Gasteiger partial charge on any atom is 0.264 e. The summed E-state index contributed by atoms with van der Waals surface area (Å²) in [6.45, 7) is 0.304. The number of rotatable bonds is 8. The van der Waals surface area contributed by atoms with Crippen molar-refractivity contribution in [3.8, 4) is 0 Å². The third kappa shape index (κ3) is 5.71. The van der Waals surface area contributed by atoms with Crippen LogP contribution in [0.5, 0.6) is 0 Å². The maximum atomic E-state index is 13.2. The topological polar surface area (TPSA) is 69.7 Å². The van der Waals surface area contributed by atoms with Gasteiger partial charge in [-0.3, -0.25) is 9.10 Å². The van der Waals surface area contributed by atoms with E-state index in [0.29, 0.717) is 6.54 Å². The summed E-state index contributed by atoms with van der Waals surface area (Å²) in [4.78, 5) is 14.8. The van der Waals surface area contributed by atoms with E-state index in [9.17, 15) is 17.6 Å². The first-order chi connectivity index (χ1) is 15.6. The number of likely N-dealkylation sites (N-methyl/N-ethyl adjacent to an activating group) is 1. The van der Waals surface area contributed by atoms with Crippen molar-refractivity contribution in [1.29, 1.82) is 0 Å². The molecule has 1 N–H and O–H groups in total. The standard InChI is InChI=1S/C24H25ClFN3O3S/c1-28(2)23(17-7-5-4-6-8-17)16-27-24(30)21-15-20(13-14-22(21)25)33(31,32)29(3)19-11-9-18(26)10-12-19/h4-15,23H,16H2,1-3H3,(H,27,30). The number of carbonyl (C=O) groups is 1. The lowest BCUT2D eigenvalue weighted by Gasteiger charge is -2.25. The zero-order valence-corrected chi connectivity index (χ0v) is 20.1. The van der Waals surface area contributed by atoms with Gasteiger partial charge in [-0.2, -0.15) is 0 Å². The Hall–Kier alpha value is -2.94. The molecule has 0 saturated heterocycles. The maximum absolute atomic E-state index is 13.2. The van der Waals surface area contributed by atoms with Gasteiger partial charge in [0.1, 0.15) is 5.82 Å². The molecule has 0 bridgehead atoms. The van der Waals surface area contributed by atoms with Crippen molar-refractivity contribution in [2.45, 2.75) is 10.9 Å². The van der Waals surface area contributed by atoms with Crippen LogP contribution < -0.4 is 9.62 Å². The number of anilines is 1. The fourth-order valence-electron chi connectivity index (χ4n) is 3.35. The summed E-state index contributed by atoms with van der Waals surface area (Å²) in [6.07, 6.45) is 0. The van der Waals surface area contributed by atoms with Gasteiger partial charge in [0, 0.05) is 13.6 Å². The van der Waals surface area contributed by atoms with Crippen LogP contribution in [0.4, 0.5) is 10.1 Å². The summed E-state index contributed by atoms with van der Waals surface area (Å²) in [5.74, 6) is -0.953. The second-order valence-electron chi connectivity index (χ2n) is 7.69. The second kappa shape index (κ2) is 10.3. The van der Waals surface area contributed by atoms with Gasteiger partial charge in [0.2, 0.25) is 0 Å². The molecule has 0 aromatic heterocycles. The van der Waals surface area contributed by atoms with Crippen LogP contribution in [-0.4, -0.2) is 46.9 Å². The summed E-state index contributed by atoms with van der Waals surface area (Å²) >= 11 is 6.23. The number of benzene rings is 3. The molecule has 0 heterocycles. The average molecular weight is 490 g/mol. The van der Waals surface area contributed by atoms with Gasteiger partial charge in [0.25, 0.3) is 15.9 Å². The highest BCUT2D eigenvalue weighted by atomic mass is 35.5. The number of hydrogen-bond acceptors (Lipinski definition) is 4. The molecule has 0 saturated carbocycles. The van der Waals surface area contributed by atoms with E-state index in [4.69, 9.17) is 11.6 Å². The van der Waals surface area contributed by atoms with Gasteiger partial charge in [-0.05, 0) is 62.1 Å². The van der Waals surface area contributed by atoms with Gasteiger partial charge in [-0.25, -0.2) is 12.8 Å². The molecule has 9 heteroatoms. The Balaban J connectivity index is 1.83. The van der Waals surface area contributed by atoms with Crippen molar-refractivity contribution >= 4 is 33.2 Å². The van der Waals surface area contributed by atoms with Crippen LogP contribution in [0.1, 0.15) is 22.0 Å². The molecule has 3 rings (SSSR count). The molecule has 0 aliphatic heterocycles. The summed E-state index contributed by atoms with van der Waals surface area (Å²) in [5.41, 5.74) is 1.37. The molecule has 1 unspecified atom stereocenters. The molecular formula is C24H25ClFN3O3S. The Morgan fingerprint density at radius 2 is 1.64 bits per heavy atom. The molecule has 0 radical (unpaired) electrons. The number of amides is 1. The van der Waals surface area contributed by atoms with E-state index in [1.165, 1.54) is 49.5 Å². The molecule has 33 heavy (non-hydrogen) atoms. The van der Waals surface area contributed by atoms with Crippen molar-refractivity contribution < 1.29 is 17.6 Å². The van der Waals surface area contributed by atoms with E-state index in [1.54, 1.807) is 0 Å². The summed E-state index contributed by atoms with van der Waals surface area (Å²) in [7, 11) is 1.18. The first-order valence-electron chi connectivity index (χ1n) is 10.1. The number of sulfonamides is 1. The smallest absolute Gasteiger partial charge is 0.264 e. The van der Waals surface area contributed by atoms with E-state index >= 15 is 0 Å². The third-order valence-corrected chi connectivity index (χ3v) is 7.41. The lowest BCUT2D eigenvalue weighted by atomic mass is 10.1. The van der Waals surface area contributed by atoms with E-state index in [-0.39, 0.29) is 27.2 Å². The highest BCUT2D eigenvalue weighted by molar-refractivity contribution is 7.92. The van der Waals surface area contributed by atoms with Gasteiger partial charge >= 0.3 is 0 Å². The lowest BCUT2D eigenvalue weighted by molar-refractivity contribution is 0.0942. The zero-order chi connectivity index (χ0) is 24.2. The first kappa shape index (κ1) is 24.7. The SMILES string of the molecule is CN(C)C(CNC(=O)c1cc(S(=O)(=O)N(C)c2ccc(F)cc2)ccc1Cl)c1ccccc1. The number of nitrogens with one attached hydrogen (secondary N) is 1. The van der Waals surface area contributed by atoms with Crippen LogP contribution >= 0.6 is 11.6 Å². The van der Waals surface area contributed by atoms with Crippen molar-refractivity contribution in [1.82, 2.24) is 10.2 Å². The Bertz CT molecular complexity index is 1220. The molecule has 3 aromatic rings.